The van der Waals surface area contributed by atoms with Gasteiger partial charge in [0.25, 0.3) is 0 Å². The zero-order valence-corrected chi connectivity index (χ0v) is 19.5. The highest BCUT2D eigenvalue weighted by Gasteiger charge is 2.34. The zero-order chi connectivity index (χ0) is 24.1. The Kier molecular flexibility index (Phi) is 7.50. The Labute approximate surface area is 200 Å². The fourth-order valence-corrected chi connectivity index (χ4v) is 5.23. The van der Waals surface area contributed by atoms with Crippen LogP contribution in [-0.2, 0) is 14.3 Å². The molecular weight excluding hydrogens is 432 g/mol. The normalized spacial score (nSPS) is 18.0. The Morgan fingerprint density at radius 1 is 1.06 bits per heavy atom. The number of rotatable bonds is 8. The molecule has 1 saturated heterocycles. The van der Waals surface area contributed by atoms with Gasteiger partial charge in [0.2, 0.25) is 5.91 Å². The number of aliphatic carboxylic acids is 1. The van der Waals surface area contributed by atoms with E-state index in [1.54, 1.807) is 4.90 Å². The Hall–Kier alpha value is -3.35. The average Bonchev–Trinajstić information content (AvgIpc) is 3.16. The zero-order valence-electron chi connectivity index (χ0n) is 19.5. The number of likely N-dealkylation sites (tertiary alicyclic amines) is 1. The summed E-state index contributed by atoms with van der Waals surface area (Å²) in [6.45, 7) is 2.65. The number of nitrogens with one attached hydrogen (secondary N) is 1. The lowest BCUT2D eigenvalue weighted by atomic mass is 9.97. The monoisotopic (exact) mass is 464 g/mol. The van der Waals surface area contributed by atoms with Crippen LogP contribution >= 0.6 is 0 Å². The van der Waals surface area contributed by atoms with Gasteiger partial charge in [-0.15, -0.1) is 0 Å². The van der Waals surface area contributed by atoms with Gasteiger partial charge in [0, 0.05) is 18.5 Å². The van der Waals surface area contributed by atoms with E-state index in [1.165, 1.54) is 0 Å². The van der Waals surface area contributed by atoms with Crippen molar-refractivity contribution >= 4 is 18.0 Å². The number of carbonyl (C=O) groups is 3. The van der Waals surface area contributed by atoms with Gasteiger partial charge in [-0.05, 0) is 47.9 Å². The minimum Gasteiger partial charge on any atom is -0.481 e. The molecule has 0 aromatic heterocycles. The van der Waals surface area contributed by atoms with E-state index in [0.717, 1.165) is 35.1 Å². The summed E-state index contributed by atoms with van der Waals surface area (Å²) in [6.07, 6.45) is 2.89. The van der Waals surface area contributed by atoms with Crippen molar-refractivity contribution in [2.24, 2.45) is 0 Å². The quantitative estimate of drug-likeness (QED) is 0.598. The number of hydrogen-bond acceptors (Lipinski definition) is 4. The topological polar surface area (TPSA) is 95.9 Å². The van der Waals surface area contributed by atoms with E-state index in [-0.39, 0.29) is 30.9 Å². The fourth-order valence-electron chi connectivity index (χ4n) is 5.23. The largest absolute Gasteiger partial charge is 0.481 e. The molecule has 0 radical (unpaired) electrons. The van der Waals surface area contributed by atoms with Crippen molar-refractivity contribution < 1.29 is 24.2 Å². The molecule has 1 heterocycles. The second-order valence-electron chi connectivity index (χ2n) is 9.09. The highest BCUT2D eigenvalue weighted by molar-refractivity contribution is 5.86. The highest BCUT2D eigenvalue weighted by Crippen LogP contribution is 2.44. The van der Waals surface area contributed by atoms with E-state index in [4.69, 9.17) is 4.74 Å². The van der Waals surface area contributed by atoms with E-state index >= 15 is 0 Å². The summed E-state index contributed by atoms with van der Waals surface area (Å²) in [5, 5.41) is 12.0. The van der Waals surface area contributed by atoms with Crippen LogP contribution in [0.1, 0.15) is 62.5 Å². The SMILES string of the molecule is CCC[C@H](NC(=O)OCC1c2ccccc2-c2ccccc21)C(=O)N1CCCCC1CC(=O)O. The number of carboxylic acids is 1. The number of alkyl carbamates (subject to hydrolysis) is 1. The van der Waals surface area contributed by atoms with Crippen molar-refractivity contribution in [3.63, 3.8) is 0 Å². The van der Waals surface area contributed by atoms with Crippen LogP contribution in [0.4, 0.5) is 4.79 Å². The number of carbonyl (C=O) groups excluding carboxylic acids is 2. The minimum absolute atomic E-state index is 0.0551. The molecule has 2 N–H and O–H groups in total. The van der Waals surface area contributed by atoms with Crippen LogP contribution in [0, 0.1) is 0 Å². The van der Waals surface area contributed by atoms with E-state index in [2.05, 4.69) is 29.6 Å². The van der Waals surface area contributed by atoms with Gasteiger partial charge in [0.15, 0.2) is 0 Å². The van der Waals surface area contributed by atoms with Gasteiger partial charge in [0.05, 0.1) is 6.42 Å². The molecule has 1 unspecified atom stereocenters. The Morgan fingerprint density at radius 3 is 2.32 bits per heavy atom. The van der Waals surface area contributed by atoms with Crippen LogP contribution in [0.5, 0.6) is 0 Å². The Morgan fingerprint density at radius 2 is 1.71 bits per heavy atom. The summed E-state index contributed by atoms with van der Waals surface area (Å²) >= 11 is 0. The smallest absolute Gasteiger partial charge is 0.407 e. The molecule has 1 fully saturated rings. The van der Waals surface area contributed by atoms with Crippen molar-refractivity contribution in [3.05, 3.63) is 59.7 Å². The second-order valence-corrected chi connectivity index (χ2v) is 9.09. The van der Waals surface area contributed by atoms with E-state index in [9.17, 15) is 19.5 Å². The highest BCUT2D eigenvalue weighted by atomic mass is 16.5. The van der Waals surface area contributed by atoms with Crippen molar-refractivity contribution in [1.29, 1.82) is 0 Å². The molecular formula is C27H32N2O5. The number of ether oxygens (including phenoxy) is 1. The lowest BCUT2D eigenvalue weighted by molar-refractivity contribution is -0.143. The number of amides is 2. The summed E-state index contributed by atoms with van der Waals surface area (Å²) in [7, 11) is 0. The first-order chi connectivity index (χ1) is 16.5. The lowest BCUT2D eigenvalue weighted by Gasteiger charge is -2.37. The standard InChI is InChI=1S/C27H32N2O5/c1-2-9-24(26(32)29-15-8-7-10-18(29)16-25(30)31)28-27(33)34-17-23-21-13-5-3-11-19(21)20-12-4-6-14-22(20)23/h3-6,11-14,18,23-24H,2,7-10,15-17H2,1H3,(H,28,33)(H,30,31)/t18?,24-/m0/s1. The predicted octanol–water partition coefficient (Wildman–Crippen LogP) is 4.55. The summed E-state index contributed by atoms with van der Waals surface area (Å²) in [6, 6.07) is 15.2. The predicted molar refractivity (Wildman–Crippen MR) is 129 cm³/mol. The molecule has 1 aliphatic carbocycles. The third-order valence-corrected chi connectivity index (χ3v) is 6.83. The van der Waals surface area contributed by atoms with Crippen LogP contribution < -0.4 is 5.32 Å². The van der Waals surface area contributed by atoms with Crippen LogP contribution in [0.3, 0.4) is 0 Å². The first kappa shape index (κ1) is 23.8. The Bertz CT molecular complexity index is 1010. The molecule has 0 spiro atoms. The molecule has 0 bridgehead atoms. The van der Waals surface area contributed by atoms with Gasteiger partial charge in [-0.2, -0.15) is 0 Å². The molecule has 2 atom stereocenters. The van der Waals surface area contributed by atoms with Crippen molar-refractivity contribution in [3.8, 4) is 11.1 Å². The molecule has 2 aromatic rings. The number of fused-ring (bicyclic) bond motifs is 3. The molecule has 34 heavy (non-hydrogen) atoms. The molecule has 2 amide bonds. The van der Waals surface area contributed by atoms with Crippen molar-refractivity contribution in [1.82, 2.24) is 10.2 Å². The van der Waals surface area contributed by atoms with Gasteiger partial charge >= 0.3 is 12.1 Å². The molecule has 2 aliphatic rings. The van der Waals surface area contributed by atoms with Crippen LogP contribution in [0.2, 0.25) is 0 Å². The molecule has 180 valence electrons. The fraction of sp³-hybridized carbons (Fsp3) is 0.444. The first-order valence-corrected chi connectivity index (χ1v) is 12.1. The van der Waals surface area contributed by atoms with Crippen LogP contribution in [-0.4, -0.2) is 53.2 Å². The molecule has 1 aliphatic heterocycles. The minimum atomic E-state index is -0.916. The van der Waals surface area contributed by atoms with E-state index in [1.807, 2.05) is 31.2 Å². The first-order valence-electron chi connectivity index (χ1n) is 12.1. The van der Waals surface area contributed by atoms with Gasteiger partial charge < -0.3 is 20.1 Å². The summed E-state index contributed by atoms with van der Waals surface area (Å²) in [5.41, 5.74) is 4.56. The lowest BCUT2D eigenvalue weighted by Crippen LogP contribution is -2.54. The number of benzene rings is 2. The molecule has 7 heteroatoms. The maximum absolute atomic E-state index is 13.3. The maximum atomic E-state index is 13.3. The number of piperidine rings is 1. The molecule has 2 aromatic carbocycles. The third kappa shape index (κ3) is 5.08. The van der Waals surface area contributed by atoms with Crippen LogP contribution in [0.25, 0.3) is 11.1 Å². The average molecular weight is 465 g/mol. The number of carboxylic acid groups (broad SMARTS) is 1. The van der Waals surface area contributed by atoms with Crippen LogP contribution in [0.15, 0.2) is 48.5 Å². The van der Waals surface area contributed by atoms with Gasteiger partial charge in [-0.3, -0.25) is 9.59 Å². The van der Waals surface area contributed by atoms with Crippen molar-refractivity contribution in [2.45, 2.75) is 63.5 Å². The summed E-state index contributed by atoms with van der Waals surface area (Å²) < 4.78 is 5.63. The van der Waals surface area contributed by atoms with Gasteiger partial charge in [-0.25, -0.2) is 4.79 Å². The third-order valence-electron chi connectivity index (χ3n) is 6.83. The molecule has 0 saturated carbocycles. The molecule has 4 rings (SSSR count). The Balaban J connectivity index is 1.42. The number of hydrogen-bond donors (Lipinski definition) is 2. The second kappa shape index (κ2) is 10.7. The molecule has 7 nitrogen and oxygen atoms in total. The van der Waals surface area contributed by atoms with E-state index in [0.29, 0.717) is 25.8 Å². The van der Waals surface area contributed by atoms with Crippen molar-refractivity contribution in [2.75, 3.05) is 13.2 Å². The van der Waals surface area contributed by atoms with Gasteiger partial charge in [0.1, 0.15) is 12.6 Å². The summed E-state index contributed by atoms with van der Waals surface area (Å²) in [4.78, 5) is 38.9. The summed E-state index contributed by atoms with van der Waals surface area (Å²) in [5.74, 6) is -1.19. The van der Waals surface area contributed by atoms with Gasteiger partial charge in [-0.1, -0.05) is 61.9 Å². The maximum Gasteiger partial charge on any atom is 0.407 e. The van der Waals surface area contributed by atoms with E-state index < -0.39 is 18.1 Å². The number of nitrogens with zero attached hydrogens (tertiary/aromatic N) is 1.